The highest BCUT2D eigenvalue weighted by atomic mass is 32.2. The average Bonchev–Trinajstić information content (AvgIpc) is 2.86. The monoisotopic (exact) mass is 517 g/mol. The minimum atomic E-state index is -3.59. The Balaban J connectivity index is 2.11. The summed E-state index contributed by atoms with van der Waals surface area (Å²) >= 11 is 0. The molecule has 36 heavy (non-hydrogen) atoms. The maximum Gasteiger partial charge on any atom is 0.242 e. The van der Waals surface area contributed by atoms with Crippen LogP contribution in [0.2, 0.25) is 0 Å². The van der Waals surface area contributed by atoms with E-state index in [0.29, 0.717) is 37.4 Å². The Morgan fingerprint density at radius 2 is 1.67 bits per heavy atom. The number of benzene rings is 2. The van der Waals surface area contributed by atoms with E-state index in [2.05, 4.69) is 12.2 Å². The van der Waals surface area contributed by atoms with Crippen LogP contribution in [0.3, 0.4) is 0 Å². The normalized spacial score (nSPS) is 12.0. The van der Waals surface area contributed by atoms with Crippen molar-refractivity contribution in [2.45, 2.75) is 52.0 Å². The third kappa shape index (κ3) is 8.86. The van der Waals surface area contributed by atoms with Gasteiger partial charge in [0.1, 0.15) is 11.8 Å². The first-order valence-electron chi connectivity index (χ1n) is 12.4. The van der Waals surface area contributed by atoms with E-state index in [1.165, 1.54) is 11.4 Å². The fourth-order valence-corrected chi connectivity index (χ4v) is 4.89. The minimum Gasteiger partial charge on any atom is -0.495 e. The largest absolute Gasteiger partial charge is 0.495 e. The molecule has 0 aliphatic rings. The molecule has 198 valence electrons. The van der Waals surface area contributed by atoms with Gasteiger partial charge in [0.2, 0.25) is 21.8 Å². The number of hydrogen-bond donors (Lipinski definition) is 1. The number of amides is 2. The van der Waals surface area contributed by atoms with Gasteiger partial charge in [0.25, 0.3) is 0 Å². The van der Waals surface area contributed by atoms with Gasteiger partial charge in [-0.2, -0.15) is 0 Å². The van der Waals surface area contributed by atoms with Crippen LogP contribution in [-0.4, -0.2) is 64.2 Å². The smallest absolute Gasteiger partial charge is 0.242 e. The second-order valence-corrected chi connectivity index (χ2v) is 10.7. The molecule has 1 N–H and O–H groups in total. The van der Waals surface area contributed by atoms with E-state index >= 15 is 0 Å². The first kappa shape index (κ1) is 29.2. The van der Waals surface area contributed by atoms with Crippen molar-refractivity contribution in [3.63, 3.8) is 0 Å². The van der Waals surface area contributed by atoms with Gasteiger partial charge in [-0.05, 0) is 43.9 Å². The van der Waals surface area contributed by atoms with Crippen LogP contribution >= 0.6 is 0 Å². The lowest BCUT2D eigenvalue weighted by atomic mass is 10.1. The van der Waals surface area contributed by atoms with Gasteiger partial charge in [-0.25, -0.2) is 8.42 Å². The average molecular weight is 518 g/mol. The molecule has 9 heteroatoms. The van der Waals surface area contributed by atoms with Gasteiger partial charge < -0.3 is 15.0 Å². The summed E-state index contributed by atoms with van der Waals surface area (Å²) in [6.45, 7) is 4.88. The van der Waals surface area contributed by atoms with Crippen molar-refractivity contribution in [1.82, 2.24) is 10.2 Å². The number of carbonyl (C=O) groups excluding carboxylic acids is 2. The van der Waals surface area contributed by atoms with E-state index < -0.39 is 16.1 Å². The van der Waals surface area contributed by atoms with Crippen molar-refractivity contribution in [3.05, 3.63) is 60.2 Å². The second-order valence-electron chi connectivity index (χ2n) is 8.75. The van der Waals surface area contributed by atoms with E-state index in [1.54, 1.807) is 36.1 Å². The fourth-order valence-electron chi connectivity index (χ4n) is 3.92. The molecule has 0 spiro atoms. The number of anilines is 1. The van der Waals surface area contributed by atoms with E-state index in [-0.39, 0.29) is 24.8 Å². The summed E-state index contributed by atoms with van der Waals surface area (Å²) in [5, 5.41) is 2.91. The molecule has 0 aliphatic carbocycles. The van der Waals surface area contributed by atoms with Crippen LogP contribution in [0.1, 0.15) is 45.1 Å². The highest BCUT2D eigenvalue weighted by Crippen LogP contribution is 2.29. The molecule has 2 aromatic carbocycles. The van der Waals surface area contributed by atoms with Crippen molar-refractivity contribution in [3.8, 4) is 5.75 Å². The molecule has 1 unspecified atom stereocenters. The summed E-state index contributed by atoms with van der Waals surface area (Å²) < 4.78 is 31.6. The summed E-state index contributed by atoms with van der Waals surface area (Å²) in [4.78, 5) is 27.6. The molecular weight excluding hydrogens is 478 g/mol. The van der Waals surface area contributed by atoms with E-state index in [1.807, 2.05) is 30.3 Å². The first-order valence-corrected chi connectivity index (χ1v) is 14.3. The predicted octanol–water partition coefficient (Wildman–Crippen LogP) is 3.62. The van der Waals surface area contributed by atoms with Gasteiger partial charge >= 0.3 is 0 Å². The summed E-state index contributed by atoms with van der Waals surface area (Å²) in [7, 11) is -2.11. The Morgan fingerprint density at radius 1 is 1.00 bits per heavy atom. The summed E-state index contributed by atoms with van der Waals surface area (Å²) in [6.07, 6.45) is 4.01. The summed E-state index contributed by atoms with van der Waals surface area (Å²) in [5.74, 6) is 0.0744. The van der Waals surface area contributed by atoms with E-state index in [4.69, 9.17) is 4.74 Å². The van der Waals surface area contributed by atoms with Crippen LogP contribution in [0.15, 0.2) is 54.6 Å². The predicted molar refractivity (Wildman–Crippen MR) is 144 cm³/mol. The van der Waals surface area contributed by atoms with Crippen molar-refractivity contribution in [2.75, 3.05) is 37.3 Å². The molecule has 0 aliphatic heterocycles. The number of rotatable bonds is 15. The lowest BCUT2D eigenvalue weighted by molar-refractivity contribution is -0.139. The number of nitrogens with one attached hydrogen (secondary N) is 1. The van der Waals surface area contributed by atoms with Gasteiger partial charge in [0, 0.05) is 26.1 Å². The third-order valence-electron chi connectivity index (χ3n) is 5.99. The lowest BCUT2D eigenvalue weighted by Crippen LogP contribution is -2.49. The molecule has 0 heterocycles. The van der Waals surface area contributed by atoms with Gasteiger partial charge in [0.15, 0.2) is 0 Å². The van der Waals surface area contributed by atoms with Crippen molar-refractivity contribution in [2.24, 2.45) is 0 Å². The first-order chi connectivity index (χ1) is 17.2. The molecule has 0 bridgehead atoms. The highest BCUT2D eigenvalue weighted by molar-refractivity contribution is 7.92. The second kappa shape index (κ2) is 14.5. The number of sulfonamides is 1. The van der Waals surface area contributed by atoms with E-state index in [0.717, 1.165) is 24.7 Å². The quantitative estimate of drug-likeness (QED) is 0.364. The molecule has 2 aromatic rings. The number of nitrogens with zero attached hydrogens (tertiary/aromatic N) is 2. The van der Waals surface area contributed by atoms with Gasteiger partial charge in [0.05, 0.1) is 19.1 Å². The summed E-state index contributed by atoms with van der Waals surface area (Å²) in [6, 6.07) is 16.1. The zero-order chi connectivity index (χ0) is 26.6. The molecule has 0 aromatic heterocycles. The standard InChI is InChI=1S/C27H39N3O5S/c1-5-6-19-28-27(32)22(2)29(21-18-23-13-8-7-9-14-23)26(31)17-12-20-30(36(4,33)34)24-15-10-11-16-25(24)35-3/h7-11,13-16,22H,5-6,12,17-21H2,1-4H3,(H,28,32). The zero-order valence-electron chi connectivity index (χ0n) is 21.8. The lowest BCUT2D eigenvalue weighted by Gasteiger charge is -2.29. The van der Waals surface area contributed by atoms with E-state index in [9.17, 15) is 18.0 Å². The van der Waals surface area contributed by atoms with Gasteiger partial charge in [-0.3, -0.25) is 13.9 Å². The number of para-hydroxylation sites is 2. The molecule has 0 radical (unpaired) electrons. The summed E-state index contributed by atoms with van der Waals surface area (Å²) in [5.41, 5.74) is 1.51. The van der Waals surface area contributed by atoms with Crippen LogP contribution in [0.25, 0.3) is 0 Å². The Labute approximate surface area is 215 Å². The molecule has 8 nitrogen and oxygen atoms in total. The highest BCUT2D eigenvalue weighted by Gasteiger charge is 2.26. The third-order valence-corrected chi connectivity index (χ3v) is 7.17. The number of hydrogen-bond acceptors (Lipinski definition) is 5. The Bertz CT molecular complexity index is 1080. The van der Waals surface area contributed by atoms with Gasteiger partial charge in [-0.1, -0.05) is 55.8 Å². The molecule has 2 amide bonds. The maximum atomic E-state index is 13.3. The van der Waals surface area contributed by atoms with Crippen molar-refractivity contribution >= 4 is 27.5 Å². The maximum absolute atomic E-state index is 13.3. The topological polar surface area (TPSA) is 96.0 Å². The Morgan fingerprint density at radius 3 is 2.31 bits per heavy atom. The van der Waals surface area contributed by atoms with Crippen LogP contribution in [0.4, 0.5) is 5.69 Å². The van der Waals surface area contributed by atoms with Crippen LogP contribution in [-0.2, 0) is 26.0 Å². The molecule has 0 saturated heterocycles. The van der Waals surface area contributed by atoms with Crippen LogP contribution < -0.4 is 14.4 Å². The molecule has 1 atom stereocenters. The van der Waals surface area contributed by atoms with Crippen molar-refractivity contribution < 1.29 is 22.7 Å². The molecular formula is C27H39N3O5S. The number of methoxy groups -OCH3 is 1. The zero-order valence-corrected chi connectivity index (χ0v) is 22.6. The minimum absolute atomic E-state index is 0.114. The van der Waals surface area contributed by atoms with Crippen molar-refractivity contribution in [1.29, 1.82) is 0 Å². The van der Waals surface area contributed by atoms with Crippen LogP contribution in [0, 0.1) is 0 Å². The Kier molecular flexibility index (Phi) is 11.7. The number of ether oxygens (including phenoxy) is 1. The molecule has 0 fully saturated rings. The molecule has 0 saturated carbocycles. The van der Waals surface area contributed by atoms with Crippen LogP contribution in [0.5, 0.6) is 5.75 Å². The number of unbranched alkanes of at least 4 members (excludes halogenated alkanes) is 1. The number of carbonyl (C=O) groups is 2. The molecule has 2 rings (SSSR count). The fraction of sp³-hybridized carbons (Fsp3) is 0.481. The van der Waals surface area contributed by atoms with Gasteiger partial charge in [-0.15, -0.1) is 0 Å². The Hall–Kier alpha value is -3.07. The SMILES string of the molecule is CCCCNC(=O)C(C)N(CCc1ccccc1)C(=O)CCCN(c1ccccc1OC)S(C)(=O)=O.